The van der Waals surface area contributed by atoms with Crippen molar-refractivity contribution in [3.63, 3.8) is 0 Å². The molecule has 19 heavy (non-hydrogen) atoms. The van der Waals surface area contributed by atoms with Gasteiger partial charge in [-0.2, -0.15) is 0 Å². The van der Waals surface area contributed by atoms with Crippen molar-refractivity contribution in [3.05, 3.63) is 12.4 Å². The number of nitrogens with zero attached hydrogens (tertiary/aromatic N) is 2. The van der Waals surface area contributed by atoms with Crippen LogP contribution in [0.1, 0.15) is 32.6 Å². The van der Waals surface area contributed by atoms with Crippen LogP contribution < -0.4 is 16.0 Å². The van der Waals surface area contributed by atoms with Crippen LogP contribution in [0.3, 0.4) is 0 Å². The highest BCUT2D eigenvalue weighted by Gasteiger charge is 2.12. The maximum atomic E-state index is 4.27. The summed E-state index contributed by atoms with van der Waals surface area (Å²) in [4.78, 5) is 8.51. The van der Waals surface area contributed by atoms with Gasteiger partial charge in [0.15, 0.2) is 0 Å². The molecule has 5 heteroatoms. The van der Waals surface area contributed by atoms with Gasteiger partial charge in [0.1, 0.15) is 18.0 Å². The summed E-state index contributed by atoms with van der Waals surface area (Å²) in [5.74, 6) is 2.59. The van der Waals surface area contributed by atoms with Crippen molar-refractivity contribution in [2.75, 3.05) is 36.8 Å². The van der Waals surface area contributed by atoms with Crippen LogP contribution in [0.15, 0.2) is 12.4 Å². The first-order valence-corrected chi connectivity index (χ1v) is 7.39. The van der Waals surface area contributed by atoms with Gasteiger partial charge in [-0.05, 0) is 38.3 Å². The molecule has 106 valence electrons. The number of unbranched alkanes of at least 4 members (excludes halogenated alkanes) is 1. The van der Waals surface area contributed by atoms with Gasteiger partial charge in [-0.25, -0.2) is 9.97 Å². The van der Waals surface area contributed by atoms with E-state index in [0.717, 1.165) is 43.7 Å². The molecule has 0 bridgehead atoms. The molecule has 1 saturated heterocycles. The molecule has 1 aliphatic rings. The second kappa shape index (κ2) is 7.94. The van der Waals surface area contributed by atoms with Crippen molar-refractivity contribution < 1.29 is 0 Å². The second-order valence-electron chi connectivity index (χ2n) is 5.14. The molecular formula is C14H25N5. The van der Waals surface area contributed by atoms with Crippen LogP contribution in [0.5, 0.6) is 0 Å². The van der Waals surface area contributed by atoms with E-state index in [9.17, 15) is 0 Å². The molecule has 0 amide bonds. The third kappa shape index (κ3) is 5.03. The largest absolute Gasteiger partial charge is 0.370 e. The van der Waals surface area contributed by atoms with Gasteiger partial charge < -0.3 is 16.0 Å². The van der Waals surface area contributed by atoms with Crippen molar-refractivity contribution in [2.45, 2.75) is 32.6 Å². The van der Waals surface area contributed by atoms with E-state index in [0.29, 0.717) is 0 Å². The van der Waals surface area contributed by atoms with Gasteiger partial charge in [0, 0.05) is 19.2 Å². The summed E-state index contributed by atoms with van der Waals surface area (Å²) in [7, 11) is 0. The molecule has 1 fully saturated rings. The van der Waals surface area contributed by atoms with Crippen molar-refractivity contribution in [2.24, 2.45) is 5.92 Å². The van der Waals surface area contributed by atoms with Crippen LogP contribution in [0, 0.1) is 5.92 Å². The SMILES string of the molecule is CCCCNc1cc(NCC2CCNCC2)ncn1. The summed E-state index contributed by atoms with van der Waals surface area (Å²) in [6.07, 6.45) is 6.49. The summed E-state index contributed by atoms with van der Waals surface area (Å²) in [6, 6.07) is 2.00. The fraction of sp³-hybridized carbons (Fsp3) is 0.714. The molecule has 1 aromatic heterocycles. The van der Waals surface area contributed by atoms with Gasteiger partial charge >= 0.3 is 0 Å². The van der Waals surface area contributed by atoms with Crippen LogP contribution in [0.4, 0.5) is 11.6 Å². The molecule has 0 atom stereocenters. The maximum Gasteiger partial charge on any atom is 0.131 e. The molecule has 0 spiro atoms. The predicted octanol–water partition coefficient (Wildman–Crippen LogP) is 2.10. The monoisotopic (exact) mass is 263 g/mol. The van der Waals surface area contributed by atoms with E-state index < -0.39 is 0 Å². The molecular weight excluding hydrogens is 238 g/mol. The highest BCUT2D eigenvalue weighted by atomic mass is 15.1. The quantitative estimate of drug-likeness (QED) is 0.658. The molecule has 0 saturated carbocycles. The van der Waals surface area contributed by atoms with Gasteiger partial charge in [0.25, 0.3) is 0 Å². The predicted molar refractivity (Wildman–Crippen MR) is 79.5 cm³/mol. The first kappa shape index (κ1) is 14.1. The Morgan fingerprint density at radius 1 is 1.21 bits per heavy atom. The van der Waals surface area contributed by atoms with Crippen molar-refractivity contribution >= 4 is 11.6 Å². The van der Waals surface area contributed by atoms with E-state index in [4.69, 9.17) is 0 Å². The molecule has 2 rings (SSSR count). The van der Waals surface area contributed by atoms with Gasteiger partial charge in [0.05, 0.1) is 0 Å². The summed E-state index contributed by atoms with van der Waals surface area (Å²) in [5, 5.41) is 10.1. The van der Waals surface area contributed by atoms with Gasteiger partial charge in [-0.3, -0.25) is 0 Å². The Balaban J connectivity index is 1.77. The molecule has 0 aromatic carbocycles. The topological polar surface area (TPSA) is 61.9 Å². The van der Waals surface area contributed by atoms with Crippen LogP contribution in [-0.2, 0) is 0 Å². The number of rotatable bonds is 7. The van der Waals surface area contributed by atoms with E-state index in [2.05, 4.69) is 32.8 Å². The van der Waals surface area contributed by atoms with E-state index in [1.165, 1.54) is 25.7 Å². The van der Waals surface area contributed by atoms with Crippen LogP contribution in [-0.4, -0.2) is 36.1 Å². The number of anilines is 2. The zero-order chi connectivity index (χ0) is 13.3. The van der Waals surface area contributed by atoms with E-state index in [1.54, 1.807) is 6.33 Å². The lowest BCUT2D eigenvalue weighted by Gasteiger charge is -2.22. The Kier molecular flexibility index (Phi) is 5.88. The Hall–Kier alpha value is -1.36. The molecule has 1 aromatic rings. The fourth-order valence-electron chi connectivity index (χ4n) is 2.28. The number of nitrogens with one attached hydrogen (secondary N) is 3. The second-order valence-corrected chi connectivity index (χ2v) is 5.14. The lowest BCUT2D eigenvalue weighted by molar-refractivity contribution is 0.389. The molecule has 3 N–H and O–H groups in total. The van der Waals surface area contributed by atoms with Crippen molar-refractivity contribution in [3.8, 4) is 0 Å². The van der Waals surface area contributed by atoms with Crippen LogP contribution >= 0.6 is 0 Å². The summed E-state index contributed by atoms with van der Waals surface area (Å²) >= 11 is 0. The zero-order valence-electron chi connectivity index (χ0n) is 11.8. The molecule has 2 heterocycles. The smallest absolute Gasteiger partial charge is 0.131 e. The standard InChI is InChI=1S/C14H25N5/c1-2-3-6-16-13-9-14(19-11-18-13)17-10-12-4-7-15-8-5-12/h9,11-12,15H,2-8,10H2,1H3,(H2,16,17,18,19). The highest BCUT2D eigenvalue weighted by Crippen LogP contribution is 2.14. The molecule has 1 aliphatic heterocycles. The molecule has 5 nitrogen and oxygen atoms in total. The lowest BCUT2D eigenvalue weighted by atomic mass is 9.98. The first-order valence-electron chi connectivity index (χ1n) is 7.39. The van der Waals surface area contributed by atoms with Gasteiger partial charge in [-0.15, -0.1) is 0 Å². The number of hydrogen-bond donors (Lipinski definition) is 3. The summed E-state index contributed by atoms with van der Waals surface area (Å²) < 4.78 is 0. The third-order valence-electron chi connectivity index (χ3n) is 3.53. The molecule has 0 unspecified atom stereocenters. The van der Waals surface area contributed by atoms with Gasteiger partial charge in [-0.1, -0.05) is 13.3 Å². The van der Waals surface area contributed by atoms with Gasteiger partial charge in [0.2, 0.25) is 0 Å². The van der Waals surface area contributed by atoms with Crippen molar-refractivity contribution in [1.29, 1.82) is 0 Å². The Morgan fingerprint density at radius 2 is 1.95 bits per heavy atom. The van der Waals surface area contributed by atoms with E-state index in [1.807, 2.05) is 6.07 Å². The Morgan fingerprint density at radius 3 is 2.68 bits per heavy atom. The minimum atomic E-state index is 0.757. The summed E-state index contributed by atoms with van der Waals surface area (Å²) in [6.45, 7) is 6.45. The maximum absolute atomic E-state index is 4.27. The minimum Gasteiger partial charge on any atom is -0.370 e. The highest BCUT2D eigenvalue weighted by molar-refractivity contribution is 5.46. The van der Waals surface area contributed by atoms with E-state index in [-0.39, 0.29) is 0 Å². The average Bonchev–Trinajstić information content (AvgIpc) is 2.47. The summed E-state index contributed by atoms with van der Waals surface area (Å²) in [5.41, 5.74) is 0. The van der Waals surface area contributed by atoms with Crippen molar-refractivity contribution in [1.82, 2.24) is 15.3 Å². The number of hydrogen-bond acceptors (Lipinski definition) is 5. The fourth-order valence-corrected chi connectivity index (χ4v) is 2.28. The van der Waals surface area contributed by atoms with E-state index >= 15 is 0 Å². The number of piperidine rings is 1. The normalized spacial score (nSPS) is 16.3. The zero-order valence-corrected chi connectivity index (χ0v) is 11.8. The number of aromatic nitrogens is 2. The average molecular weight is 263 g/mol. The minimum absolute atomic E-state index is 0.757. The Bertz CT molecular complexity index is 363. The van der Waals surface area contributed by atoms with Crippen LogP contribution in [0.2, 0.25) is 0 Å². The van der Waals surface area contributed by atoms with Crippen LogP contribution in [0.25, 0.3) is 0 Å². The first-order chi connectivity index (χ1) is 9.38. The Labute approximate surface area is 115 Å². The molecule has 0 radical (unpaired) electrons. The lowest BCUT2D eigenvalue weighted by Crippen LogP contribution is -2.31. The third-order valence-corrected chi connectivity index (χ3v) is 3.53. The molecule has 0 aliphatic carbocycles.